The number of hydrogen-bond donors (Lipinski definition) is 0. The van der Waals surface area contributed by atoms with Gasteiger partial charge < -0.3 is 14.2 Å². The van der Waals surface area contributed by atoms with E-state index in [0.717, 1.165) is 0 Å². The predicted octanol–water partition coefficient (Wildman–Crippen LogP) is 2.72. The van der Waals surface area contributed by atoms with E-state index in [-0.39, 0.29) is 23.4 Å². The molecule has 2 heterocycles. The summed E-state index contributed by atoms with van der Waals surface area (Å²) >= 11 is 1.18. The Hall–Kier alpha value is -4.25. The summed E-state index contributed by atoms with van der Waals surface area (Å²) in [6.45, 7) is 3.51. The summed E-state index contributed by atoms with van der Waals surface area (Å²) in [5.41, 5.74) is 1.40. The van der Waals surface area contributed by atoms with Gasteiger partial charge in [0.05, 0.1) is 47.6 Å². The molecule has 0 N–H and O–H groups in total. The molecule has 0 radical (unpaired) electrons. The van der Waals surface area contributed by atoms with Crippen LogP contribution < -0.4 is 24.4 Å². The topological polar surface area (TPSA) is 122 Å². The summed E-state index contributed by atoms with van der Waals surface area (Å²) in [7, 11) is 3.07. The summed E-state index contributed by atoms with van der Waals surface area (Å²) in [4.78, 5) is 42.1. The van der Waals surface area contributed by atoms with E-state index >= 15 is 0 Å². The molecule has 1 aromatic heterocycles. The van der Waals surface area contributed by atoms with E-state index in [1.54, 1.807) is 38.1 Å². The van der Waals surface area contributed by atoms with E-state index in [0.29, 0.717) is 37.7 Å². The Kier molecular flexibility index (Phi) is 7.02. The maximum absolute atomic E-state index is 13.6. The summed E-state index contributed by atoms with van der Waals surface area (Å²) < 4.78 is 17.7. The van der Waals surface area contributed by atoms with Crippen LogP contribution in [0.1, 0.15) is 31.0 Å². The first-order chi connectivity index (χ1) is 17.3. The number of allylic oxidation sites excluding steroid dienone is 1. The van der Waals surface area contributed by atoms with Crippen LogP contribution in [-0.2, 0) is 9.53 Å². The van der Waals surface area contributed by atoms with Crippen LogP contribution in [0.2, 0.25) is 0 Å². The Morgan fingerprint density at radius 1 is 1.17 bits per heavy atom. The van der Waals surface area contributed by atoms with Crippen molar-refractivity contribution in [1.82, 2.24) is 4.57 Å². The number of non-ortho nitro benzene ring substituents is 1. The van der Waals surface area contributed by atoms with Crippen molar-refractivity contribution in [2.75, 3.05) is 20.8 Å². The lowest BCUT2D eigenvalue weighted by Gasteiger charge is -2.24. The minimum absolute atomic E-state index is 0.0991. The molecule has 36 heavy (non-hydrogen) atoms. The zero-order valence-electron chi connectivity index (χ0n) is 20.0. The molecular weight excluding hydrogens is 486 g/mol. The molecule has 10 nitrogen and oxygen atoms in total. The highest BCUT2D eigenvalue weighted by molar-refractivity contribution is 7.07. The third-order valence-electron chi connectivity index (χ3n) is 5.64. The number of carbonyl (C=O) groups excluding carboxylic acids is 1. The van der Waals surface area contributed by atoms with Crippen LogP contribution >= 0.6 is 11.3 Å². The molecule has 11 heteroatoms. The van der Waals surface area contributed by atoms with Gasteiger partial charge in [0, 0.05) is 12.1 Å². The van der Waals surface area contributed by atoms with Gasteiger partial charge in [-0.2, -0.15) is 0 Å². The molecule has 1 unspecified atom stereocenters. The molecule has 0 aliphatic carbocycles. The first-order valence-corrected chi connectivity index (χ1v) is 11.8. The Morgan fingerprint density at radius 2 is 1.86 bits per heavy atom. The summed E-state index contributed by atoms with van der Waals surface area (Å²) in [5.74, 6) is 0.475. The third-order valence-corrected chi connectivity index (χ3v) is 6.62. The van der Waals surface area contributed by atoms with Crippen molar-refractivity contribution in [3.8, 4) is 11.5 Å². The number of rotatable bonds is 7. The molecule has 0 saturated heterocycles. The van der Waals surface area contributed by atoms with Gasteiger partial charge >= 0.3 is 5.97 Å². The van der Waals surface area contributed by atoms with Gasteiger partial charge in [-0.15, -0.1) is 0 Å². The number of esters is 1. The number of methoxy groups -OCH3 is 2. The van der Waals surface area contributed by atoms with Crippen molar-refractivity contribution in [3.05, 3.63) is 94.7 Å². The number of hydrogen-bond acceptors (Lipinski definition) is 9. The van der Waals surface area contributed by atoms with Gasteiger partial charge in [0.25, 0.3) is 11.2 Å². The molecule has 1 atom stereocenters. The zero-order valence-corrected chi connectivity index (χ0v) is 20.8. The van der Waals surface area contributed by atoms with Crippen LogP contribution in [0.15, 0.2) is 63.5 Å². The highest BCUT2D eigenvalue weighted by Crippen LogP contribution is 2.32. The monoisotopic (exact) mass is 509 g/mol. The molecule has 0 bridgehead atoms. The molecule has 0 amide bonds. The molecule has 2 aromatic carbocycles. The van der Waals surface area contributed by atoms with Crippen molar-refractivity contribution in [1.29, 1.82) is 0 Å². The van der Waals surface area contributed by atoms with E-state index in [4.69, 9.17) is 14.2 Å². The van der Waals surface area contributed by atoms with E-state index in [1.165, 1.54) is 54.4 Å². The quantitative estimate of drug-likeness (QED) is 0.273. The SMILES string of the molecule is CCOC(=O)C1=C(C)N=c2sc(=Cc3ccc(OC)c(OC)c3)c(=O)n2C1c1ccc([N+](=O)[O-])cc1. The van der Waals surface area contributed by atoms with Gasteiger partial charge in [0.15, 0.2) is 16.3 Å². The van der Waals surface area contributed by atoms with Gasteiger partial charge in [-0.1, -0.05) is 17.4 Å². The normalized spacial score (nSPS) is 15.2. The van der Waals surface area contributed by atoms with Crippen molar-refractivity contribution in [2.45, 2.75) is 19.9 Å². The van der Waals surface area contributed by atoms with Crippen LogP contribution in [-0.4, -0.2) is 36.3 Å². The van der Waals surface area contributed by atoms with Crippen LogP contribution in [0.5, 0.6) is 11.5 Å². The Labute approximate surface area is 209 Å². The fourth-order valence-corrected chi connectivity index (χ4v) is 5.03. The number of fused-ring (bicyclic) bond motifs is 1. The van der Waals surface area contributed by atoms with Gasteiger partial charge in [0.1, 0.15) is 0 Å². The second-order valence-corrected chi connectivity index (χ2v) is 8.77. The molecule has 0 saturated carbocycles. The predicted molar refractivity (Wildman–Crippen MR) is 133 cm³/mol. The second kappa shape index (κ2) is 10.2. The number of carbonyl (C=O) groups is 1. The van der Waals surface area contributed by atoms with Crippen LogP contribution in [0.25, 0.3) is 6.08 Å². The van der Waals surface area contributed by atoms with Crippen molar-refractivity contribution < 1.29 is 23.9 Å². The van der Waals surface area contributed by atoms with Crippen molar-refractivity contribution in [3.63, 3.8) is 0 Å². The second-order valence-electron chi connectivity index (χ2n) is 7.77. The molecule has 186 valence electrons. The van der Waals surface area contributed by atoms with Crippen molar-refractivity contribution in [2.24, 2.45) is 4.99 Å². The number of ether oxygens (including phenoxy) is 3. The number of thiazole rings is 1. The summed E-state index contributed by atoms with van der Waals surface area (Å²) in [5, 5.41) is 11.1. The maximum atomic E-state index is 13.6. The highest BCUT2D eigenvalue weighted by atomic mass is 32.1. The fourth-order valence-electron chi connectivity index (χ4n) is 3.98. The van der Waals surface area contributed by atoms with E-state index in [9.17, 15) is 19.7 Å². The number of benzene rings is 2. The average Bonchev–Trinajstić information content (AvgIpc) is 3.17. The van der Waals surface area contributed by atoms with Gasteiger partial charge in [-0.05, 0) is 55.3 Å². The van der Waals surface area contributed by atoms with Crippen LogP contribution in [0.3, 0.4) is 0 Å². The lowest BCUT2D eigenvalue weighted by atomic mass is 9.95. The summed E-state index contributed by atoms with van der Waals surface area (Å²) in [6, 6.07) is 10.2. The van der Waals surface area contributed by atoms with Gasteiger partial charge in [0.2, 0.25) is 0 Å². The largest absolute Gasteiger partial charge is 0.493 e. The van der Waals surface area contributed by atoms with Gasteiger partial charge in [-0.3, -0.25) is 19.5 Å². The fraction of sp³-hybridized carbons (Fsp3) is 0.240. The number of nitrogens with zero attached hydrogens (tertiary/aromatic N) is 3. The minimum atomic E-state index is -0.853. The molecule has 1 aliphatic heterocycles. The number of nitro benzene ring substituents is 1. The number of aromatic nitrogens is 1. The maximum Gasteiger partial charge on any atom is 0.338 e. The molecular formula is C25H23N3O7S. The Bertz CT molecular complexity index is 1550. The molecule has 1 aliphatic rings. The lowest BCUT2D eigenvalue weighted by molar-refractivity contribution is -0.384. The molecule has 3 aromatic rings. The Morgan fingerprint density at radius 3 is 2.47 bits per heavy atom. The standard InChI is InChI=1S/C25H23N3O7S/c1-5-35-24(30)21-14(2)26-25-27(22(21)16-7-9-17(10-8-16)28(31)32)23(29)20(36-25)13-15-6-11-18(33-3)19(12-15)34-4/h6-13,22H,5H2,1-4H3. The third kappa shape index (κ3) is 4.52. The van der Waals surface area contributed by atoms with Crippen LogP contribution in [0.4, 0.5) is 5.69 Å². The summed E-state index contributed by atoms with van der Waals surface area (Å²) in [6.07, 6.45) is 1.71. The van der Waals surface area contributed by atoms with E-state index in [2.05, 4.69) is 4.99 Å². The van der Waals surface area contributed by atoms with Crippen molar-refractivity contribution >= 4 is 29.1 Å². The lowest BCUT2D eigenvalue weighted by Crippen LogP contribution is -2.39. The highest BCUT2D eigenvalue weighted by Gasteiger charge is 2.33. The van der Waals surface area contributed by atoms with E-state index < -0.39 is 16.9 Å². The number of nitro groups is 1. The first-order valence-electron chi connectivity index (χ1n) is 10.9. The molecule has 4 rings (SSSR count). The van der Waals surface area contributed by atoms with E-state index in [1.807, 2.05) is 0 Å². The average molecular weight is 510 g/mol. The Balaban J connectivity index is 1.92. The smallest absolute Gasteiger partial charge is 0.338 e. The minimum Gasteiger partial charge on any atom is -0.493 e. The first kappa shape index (κ1) is 24.9. The van der Waals surface area contributed by atoms with Gasteiger partial charge in [-0.25, -0.2) is 9.79 Å². The molecule has 0 fully saturated rings. The molecule has 0 spiro atoms. The van der Waals surface area contributed by atoms with Crippen LogP contribution in [0, 0.1) is 10.1 Å². The zero-order chi connectivity index (χ0) is 26.0.